The number of phenols is 1. The Labute approximate surface area is 92.2 Å². The molecule has 0 saturated carbocycles. The molecule has 0 atom stereocenters. The first kappa shape index (κ1) is 9.79. The Balaban J connectivity index is 2.68. The quantitative estimate of drug-likeness (QED) is 0.780. The predicted molar refractivity (Wildman–Crippen MR) is 60.5 cm³/mol. The van der Waals surface area contributed by atoms with Crippen LogP contribution in [0.4, 0.5) is 0 Å². The van der Waals surface area contributed by atoms with Crippen LogP contribution in [0.15, 0.2) is 24.3 Å². The van der Waals surface area contributed by atoms with Crippen LogP contribution in [-0.2, 0) is 0 Å². The van der Waals surface area contributed by atoms with Crippen LogP contribution in [-0.4, -0.2) is 25.2 Å². The molecule has 0 spiro atoms. The van der Waals surface area contributed by atoms with Gasteiger partial charge in [0, 0.05) is 5.37 Å². The molecule has 0 aliphatic carbocycles. The Morgan fingerprint density at radius 3 is 2.73 bits per heavy atom. The Bertz CT molecular complexity index is 507. The molecular formula is C10H9N3OS. The summed E-state index contributed by atoms with van der Waals surface area (Å²) in [6, 6.07) is 6.99. The third kappa shape index (κ3) is 1.61. The van der Waals surface area contributed by atoms with Crippen LogP contribution >= 0.6 is 12.2 Å². The molecule has 5 heteroatoms. The van der Waals surface area contributed by atoms with E-state index in [0.717, 1.165) is 0 Å². The van der Waals surface area contributed by atoms with Gasteiger partial charge in [-0.05, 0) is 19.1 Å². The van der Waals surface area contributed by atoms with Crippen molar-refractivity contribution in [2.45, 2.75) is 6.92 Å². The molecule has 0 fully saturated rings. The summed E-state index contributed by atoms with van der Waals surface area (Å²) in [5.74, 6) is 1.41. The molecule has 76 valence electrons. The van der Waals surface area contributed by atoms with E-state index >= 15 is 0 Å². The monoisotopic (exact) mass is 219 g/mol. The van der Waals surface area contributed by atoms with Crippen molar-refractivity contribution in [3.05, 3.63) is 35.9 Å². The van der Waals surface area contributed by atoms with Gasteiger partial charge in [0.1, 0.15) is 11.6 Å². The van der Waals surface area contributed by atoms with Gasteiger partial charge in [-0.1, -0.05) is 24.4 Å². The van der Waals surface area contributed by atoms with Crippen molar-refractivity contribution in [1.29, 1.82) is 0 Å². The van der Waals surface area contributed by atoms with Crippen molar-refractivity contribution in [1.82, 2.24) is 14.8 Å². The lowest BCUT2D eigenvalue weighted by Gasteiger charge is -2.07. The summed E-state index contributed by atoms with van der Waals surface area (Å²) in [4.78, 5) is 0. The van der Waals surface area contributed by atoms with Crippen molar-refractivity contribution in [2.24, 2.45) is 0 Å². The van der Waals surface area contributed by atoms with Gasteiger partial charge in [0.15, 0.2) is 5.82 Å². The highest BCUT2D eigenvalue weighted by Gasteiger charge is 2.10. The smallest absolute Gasteiger partial charge is 0.172 e. The minimum atomic E-state index is 0.179. The molecule has 0 aliphatic rings. The van der Waals surface area contributed by atoms with Crippen molar-refractivity contribution in [2.75, 3.05) is 0 Å². The average molecular weight is 219 g/mol. The summed E-state index contributed by atoms with van der Waals surface area (Å²) >= 11 is 4.83. The maximum Gasteiger partial charge on any atom is 0.172 e. The standard InChI is InChI=1S/C10H9N3OS/c1-7-11-12-10(6-15)13(7)8-4-2-3-5-9(8)14/h2-6,14H,1H3. The lowest BCUT2D eigenvalue weighted by molar-refractivity contribution is 0.472. The van der Waals surface area contributed by atoms with Crippen LogP contribution in [0.2, 0.25) is 0 Å². The Morgan fingerprint density at radius 2 is 2.07 bits per heavy atom. The van der Waals surface area contributed by atoms with Gasteiger partial charge in [-0.25, -0.2) is 0 Å². The van der Waals surface area contributed by atoms with Gasteiger partial charge in [-0.2, -0.15) is 0 Å². The molecule has 1 N–H and O–H groups in total. The number of aromatic hydroxyl groups is 1. The van der Waals surface area contributed by atoms with Crippen molar-refractivity contribution < 1.29 is 5.11 Å². The zero-order valence-electron chi connectivity index (χ0n) is 8.08. The van der Waals surface area contributed by atoms with E-state index in [-0.39, 0.29) is 5.75 Å². The average Bonchev–Trinajstić information content (AvgIpc) is 2.60. The number of aromatic nitrogens is 3. The van der Waals surface area contributed by atoms with Crippen LogP contribution < -0.4 is 0 Å². The molecule has 2 rings (SSSR count). The zero-order valence-corrected chi connectivity index (χ0v) is 8.90. The van der Waals surface area contributed by atoms with Gasteiger partial charge in [-0.15, -0.1) is 10.2 Å². The van der Waals surface area contributed by atoms with Gasteiger partial charge < -0.3 is 5.11 Å². The number of hydrogen-bond acceptors (Lipinski definition) is 4. The van der Waals surface area contributed by atoms with E-state index < -0.39 is 0 Å². The second kappa shape index (κ2) is 3.78. The molecule has 0 radical (unpaired) electrons. The van der Waals surface area contributed by atoms with Crippen LogP contribution in [0.1, 0.15) is 11.6 Å². The largest absolute Gasteiger partial charge is 0.506 e. The summed E-state index contributed by atoms with van der Waals surface area (Å²) in [6.07, 6.45) is 0. The maximum atomic E-state index is 9.70. The molecule has 4 nitrogen and oxygen atoms in total. The maximum absolute atomic E-state index is 9.70. The minimum absolute atomic E-state index is 0.179. The molecule has 0 saturated heterocycles. The molecule has 0 aliphatic heterocycles. The van der Waals surface area contributed by atoms with Gasteiger partial charge in [0.25, 0.3) is 0 Å². The number of rotatable bonds is 2. The normalized spacial score (nSPS) is 10.2. The highest BCUT2D eigenvalue weighted by atomic mass is 32.1. The number of aryl methyl sites for hydroxylation is 1. The second-order valence-corrected chi connectivity index (χ2v) is 3.28. The number of nitrogens with zero attached hydrogens (tertiary/aromatic N) is 3. The fourth-order valence-electron chi connectivity index (χ4n) is 1.41. The fraction of sp³-hybridized carbons (Fsp3) is 0.100. The molecule has 1 heterocycles. The van der Waals surface area contributed by atoms with Crippen LogP contribution in [0.25, 0.3) is 5.69 Å². The first-order valence-corrected chi connectivity index (χ1v) is 4.86. The molecule has 0 unspecified atom stereocenters. The van der Waals surface area contributed by atoms with Gasteiger partial charge in [0.2, 0.25) is 0 Å². The predicted octanol–water partition coefficient (Wildman–Crippen LogP) is 1.63. The summed E-state index contributed by atoms with van der Waals surface area (Å²) in [7, 11) is 0. The molecule has 1 aromatic heterocycles. The molecular weight excluding hydrogens is 210 g/mol. The fourth-order valence-corrected chi connectivity index (χ4v) is 1.56. The topological polar surface area (TPSA) is 50.9 Å². The molecule has 0 bridgehead atoms. The Hall–Kier alpha value is -1.75. The molecule has 1 aromatic carbocycles. The highest BCUT2D eigenvalue weighted by Crippen LogP contribution is 2.22. The van der Waals surface area contributed by atoms with E-state index in [1.165, 1.54) is 5.37 Å². The van der Waals surface area contributed by atoms with Crippen molar-refractivity contribution >= 4 is 17.6 Å². The van der Waals surface area contributed by atoms with E-state index in [9.17, 15) is 5.11 Å². The van der Waals surface area contributed by atoms with E-state index in [2.05, 4.69) is 10.2 Å². The first-order valence-electron chi connectivity index (χ1n) is 4.39. The number of phenolic OH excluding ortho intramolecular Hbond substituents is 1. The third-order valence-electron chi connectivity index (χ3n) is 2.08. The third-order valence-corrected chi connectivity index (χ3v) is 2.29. The van der Waals surface area contributed by atoms with Crippen LogP contribution in [0.3, 0.4) is 0 Å². The SMILES string of the molecule is Cc1nnc(C=S)n1-c1ccccc1O. The Kier molecular flexibility index (Phi) is 2.47. The number of para-hydroxylation sites is 2. The van der Waals surface area contributed by atoms with Crippen molar-refractivity contribution in [3.8, 4) is 11.4 Å². The van der Waals surface area contributed by atoms with E-state index in [1.54, 1.807) is 22.8 Å². The molecule has 0 amide bonds. The van der Waals surface area contributed by atoms with Gasteiger partial charge in [0.05, 0.1) is 5.69 Å². The minimum Gasteiger partial charge on any atom is -0.506 e. The second-order valence-electron chi connectivity index (χ2n) is 3.05. The molecule has 2 aromatic rings. The molecule has 15 heavy (non-hydrogen) atoms. The number of thiocarbonyl (C=S) groups is 1. The summed E-state index contributed by atoms with van der Waals surface area (Å²) in [6.45, 7) is 1.81. The summed E-state index contributed by atoms with van der Waals surface area (Å²) in [5.41, 5.74) is 0.635. The van der Waals surface area contributed by atoms with Gasteiger partial charge in [-0.3, -0.25) is 4.57 Å². The number of hydrogen-bond donors (Lipinski definition) is 1. The summed E-state index contributed by atoms with van der Waals surface area (Å²) < 4.78 is 1.71. The first-order chi connectivity index (χ1) is 7.24. The Morgan fingerprint density at radius 1 is 1.33 bits per heavy atom. The highest BCUT2D eigenvalue weighted by molar-refractivity contribution is 7.79. The van der Waals surface area contributed by atoms with Crippen LogP contribution in [0, 0.1) is 6.92 Å². The lowest BCUT2D eigenvalue weighted by atomic mass is 10.3. The van der Waals surface area contributed by atoms with E-state index in [4.69, 9.17) is 12.2 Å². The number of benzene rings is 1. The lowest BCUT2D eigenvalue weighted by Crippen LogP contribution is -2.01. The van der Waals surface area contributed by atoms with E-state index in [0.29, 0.717) is 17.3 Å². The van der Waals surface area contributed by atoms with Crippen LogP contribution in [0.5, 0.6) is 5.75 Å². The zero-order chi connectivity index (χ0) is 10.8. The van der Waals surface area contributed by atoms with Crippen molar-refractivity contribution in [3.63, 3.8) is 0 Å². The van der Waals surface area contributed by atoms with E-state index in [1.807, 2.05) is 13.0 Å². The summed E-state index contributed by atoms with van der Waals surface area (Å²) in [5, 5.41) is 18.9. The van der Waals surface area contributed by atoms with Gasteiger partial charge >= 0.3 is 0 Å².